The molecule has 5 rings (SSSR count). The Balaban J connectivity index is 1.39. The van der Waals surface area contributed by atoms with Crippen molar-refractivity contribution in [3.05, 3.63) is 45.8 Å². The lowest BCUT2D eigenvalue weighted by Crippen LogP contribution is -2.42. The number of benzene rings is 1. The summed E-state index contributed by atoms with van der Waals surface area (Å²) in [5.41, 5.74) is 1.72. The molecule has 2 fully saturated rings. The Morgan fingerprint density at radius 1 is 1.18 bits per heavy atom. The summed E-state index contributed by atoms with van der Waals surface area (Å²) < 4.78 is 7.32. The van der Waals surface area contributed by atoms with Crippen molar-refractivity contribution in [2.24, 2.45) is 5.41 Å². The molecule has 2 aliphatic heterocycles. The second-order valence-corrected chi connectivity index (χ2v) is 11.6. The van der Waals surface area contributed by atoms with Crippen LogP contribution in [0.2, 0.25) is 5.02 Å². The van der Waals surface area contributed by atoms with Crippen molar-refractivity contribution in [1.82, 2.24) is 19.4 Å². The molecule has 2 aliphatic rings. The summed E-state index contributed by atoms with van der Waals surface area (Å²) >= 11 is 6.51. The zero-order valence-electron chi connectivity index (χ0n) is 23.2. The number of fused-ring (bicyclic) bond motifs is 1. The first-order chi connectivity index (χ1) is 18.7. The van der Waals surface area contributed by atoms with Gasteiger partial charge in [-0.15, -0.1) is 0 Å². The summed E-state index contributed by atoms with van der Waals surface area (Å²) in [6.45, 7) is 9.75. The molecule has 2 aromatic heterocycles. The summed E-state index contributed by atoms with van der Waals surface area (Å²) in [7, 11) is 2.21. The van der Waals surface area contributed by atoms with Crippen LogP contribution in [0.5, 0.6) is 5.75 Å². The minimum atomic E-state index is -0.252. The average molecular weight is 553 g/mol. The van der Waals surface area contributed by atoms with Crippen LogP contribution in [-0.2, 0) is 4.79 Å². The lowest BCUT2D eigenvalue weighted by Gasteiger charge is -2.39. The molecule has 2 saturated heterocycles. The monoisotopic (exact) mass is 552 g/mol. The summed E-state index contributed by atoms with van der Waals surface area (Å²) in [6.07, 6.45) is 5.55. The van der Waals surface area contributed by atoms with E-state index in [4.69, 9.17) is 21.3 Å². The number of carbonyl (C=O) groups is 1. The number of carbonyl (C=O) groups excluding carboxylic acids is 1. The Morgan fingerprint density at radius 2 is 1.92 bits per heavy atom. The van der Waals surface area contributed by atoms with E-state index in [0.29, 0.717) is 28.6 Å². The van der Waals surface area contributed by atoms with E-state index < -0.39 is 0 Å². The number of ketones is 1. The maximum atomic E-state index is 13.1. The first-order valence-corrected chi connectivity index (χ1v) is 14.1. The van der Waals surface area contributed by atoms with E-state index in [9.17, 15) is 9.59 Å². The number of aromatic nitrogens is 3. The van der Waals surface area contributed by atoms with Gasteiger partial charge in [0, 0.05) is 43.2 Å². The highest BCUT2D eigenvalue weighted by atomic mass is 35.5. The Hall–Kier alpha value is -3.17. The van der Waals surface area contributed by atoms with Gasteiger partial charge in [-0.05, 0) is 76.4 Å². The molecule has 0 aliphatic carbocycles. The molecule has 0 bridgehead atoms. The summed E-state index contributed by atoms with van der Waals surface area (Å²) in [5, 5.41) is 4.58. The number of nitrogens with zero attached hydrogens (tertiary/aromatic N) is 5. The summed E-state index contributed by atoms with van der Waals surface area (Å²) in [5.74, 6) is 1.31. The molecule has 208 valence electrons. The Morgan fingerprint density at radius 3 is 2.59 bits per heavy atom. The van der Waals surface area contributed by atoms with Gasteiger partial charge in [-0.25, -0.2) is 4.98 Å². The van der Waals surface area contributed by atoms with Crippen LogP contribution in [0, 0.1) is 5.41 Å². The molecule has 39 heavy (non-hydrogen) atoms. The van der Waals surface area contributed by atoms with E-state index in [2.05, 4.69) is 27.1 Å². The molecule has 0 unspecified atom stereocenters. The zero-order valence-corrected chi connectivity index (χ0v) is 23.9. The number of pyridine rings is 1. The van der Waals surface area contributed by atoms with Gasteiger partial charge >= 0.3 is 0 Å². The molecule has 0 amide bonds. The van der Waals surface area contributed by atoms with Crippen molar-refractivity contribution in [3.8, 4) is 5.75 Å². The van der Waals surface area contributed by atoms with Crippen molar-refractivity contribution in [2.45, 2.75) is 52.5 Å². The number of anilines is 3. The first-order valence-electron chi connectivity index (χ1n) is 13.7. The van der Waals surface area contributed by atoms with E-state index in [1.807, 2.05) is 32.0 Å². The topological polar surface area (TPSA) is 92.6 Å². The van der Waals surface area contributed by atoms with Gasteiger partial charge in [0.1, 0.15) is 11.6 Å². The van der Waals surface area contributed by atoms with E-state index in [1.165, 1.54) is 19.5 Å². The van der Waals surface area contributed by atoms with Crippen molar-refractivity contribution >= 4 is 45.7 Å². The predicted molar refractivity (Wildman–Crippen MR) is 156 cm³/mol. The maximum absolute atomic E-state index is 13.1. The van der Waals surface area contributed by atoms with Gasteiger partial charge in [-0.2, -0.15) is 4.98 Å². The first kappa shape index (κ1) is 27.4. The predicted octanol–water partition coefficient (Wildman–Crippen LogP) is 5.05. The van der Waals surface area contributed by atoms with E-state index in [1.54, 1.807) is 23.8 Å². The fourth-order valence-corrected chi connectivity index (χ4v) is 5.90. The second-order valence-electron chi connectivity index (χ2n) is 11.2. The Bertz CT molecular complexity index is 1430. The van der Waals surface area contributed by atoms with Gasteiger partial charge in [0.25, 0.3) is 5.56 Å². The highest BCUT2D eigenvalue weighted by molar-refractivity contribution is 6.32. The van der Waals surface area contributed by atoms with Crippen LogP contribution in [0.15, 0.2) is 35.3 Å². The average Bonchev–Trinajstić information content (AvgIpc) is 3.28. The van der Waals surface area contributed by atoms with E-state index in [0.717, 1.165) is 42.5 Å². The molecule has 1 aromatic carbocycles. The number of nitrogens with one attached hydrogen (secondary N) is 1. The number of rotatable bonds is 8. The minimum Gasteiger partial charge on any atom is -0.480 e. The molecule has 4 heterocycles. The number of likely N-dealkylation sites (tertiary alicyclic amines) is 1. The largest absolute Gasteiger partial charge is 0.480 e. The normalized spacial score (nSPS) is 17.3. The molecular weight excluding hydrogens is 516 g/mol. The van der Waals surface area contributed by atoms with Crippen LogP contribution in [0.1, 0.15) is 52.5 Å². The number of halogens is 1. The lowest BCUT2D eigenvalue weighted by atomic mass is 9.78. The van der Waals surface area contributed by atoms with Crippen molar-refractivity contribution < 1.29 is 9.53 Å². The fraction of sp³-hybridized carbons (Fsp3) is 0.517. The second kappa shape index (κ2) is 11.1. The minimum absolute atomic E-state index is 0.0605. The third-order valence-corrected chi connectivity index (χ3v) is 8.31. The van der Waals surface area contributed by atoms with Crippen LogP contribution >= 0.6 is 11.6 Å². The van der Waals surface area contributed by atoms with Crippen molar-refractivity contribution in [2.75, 3.05) is 50.1 Å². The van der Waals surface area contributed by atoms with Gasteiger partial charge in [-0.1, -0.05) is 18.5 Å². The smallest absolute Gasteiger partial charge is 0.293 e. The Labute approximate surface area is 234 Å². The van der Waals surface area contributed by atoms with E-state index in [-0.39, 0.29) is 29.7 Å². The van der Waals surface area contributed by atoms with Crippen LogP contribution in [0.4, 0.5) is 17.5 Å². The number of piperidine rings is 1. The van der Waals surface area contributed by atoms with Crippen LogP contribution in [0.25, 0.3) is 10.9 Å². The molecular formula is C29H37ClN6O3. The third-order valence-electron chi connectivity index (χ3n) is 8.03. The SMILES string of the molecule is CCC(=O)COc1cc2cc(Nc3nc(N4CCC5(CCN(C)C5)CC4)ncc3Cl)ccc2n(C(C)C)c1=O. The van der Waals surface area contributed by atoms with Crippen LogP contribution in [0.3, 0.4) is 0 Å². The van der Waals surface area contributed by atoms with Gasteiger partial charge in [0.2, 0.25) is 5.95 Å². The molecule has 0 saturated carbocycles. The lowest BCUT2D eigenvalue weighted by molar-refractivity contribution is -0.120. The van der Waals surface area contributed by atoms with Crippen LogP contribution in [-0.4, -0.2) is 65.1 Å². The highest BCUT2D eigenvalue weighted by Crippen LogP contribution is 2.40. The molecule has 9 nitrogen and oxygen atoms in total. The number of ether oxygens (including phenoxy) is 1. The molecule has 10 heteroatoms. The molecule has 1 spiro atoms. The van der Waals surface area contributed by atoms with Gasteiger partial charge in [0.05, 0.1) is 11.7 Å². The zero-order chi connectivity index (χ0) is 27.7. The number of hydrogen-bond acceptors (Lipinski definition) is 8. The Kier molecular flexibility index (Phi) is 7.82. The summed E-state index contributed by atoms with van der Waals surface area (Å²) in [4.78, 5) is 38.9. The molecule has 0 atom stereocenters. The quantitative estimate of drug-likeness (QED) is 0.415. The maximum Gasteiger partial charge on any atom is 0.293 e. The third kappa shape index (κ3) is 5.75. The van der Waals surface area contributed by atoms with Gasteiger partial charge in [-0.3, -0.25) is 9.59 Å². The molecule has 1 N–H and O–H groups in total. The van der Waals surface area contributed by atoms with E-state index >= 15 is 0 Å². The van der Waals surface area contributed by atoms with Gasteiger partial charge < -0.3 is 24.4 Å². The van der Waals surface area contributed by atoms with Crippen LogP contribution < -0.4 is 20.5 Å². The fourth-order valence-electron chi connectivity index (χ4n) is 5.76. The highest BCUT2D eigenvalue weighted by Gasteiger charge is 2.39. The standard InChI is InChI=1S/C29H37ClN6O3/c1-5-22(37)17-39-25-15-20-14-21(6-7-24(20)36(19(2)3)27(25)38)32-26-23(30)16-31-28(33-26)35-12-9-29(10-13-35)8-11-34(4)18-29/h6-7,14-16,19H,5,8-13,17-18H2,1-4H3,(H,31,32,33). The van der Waals surface area contributed by atoms with Crippen molar-refractivity contribution in [3.63, 3.8) is 0 Å². The molecule has 3 aromatic rings. The number of Topliss-reactive ketones (excluding diaryl/α,β-unsaturated/α-hetero) is 1. The summed E-state index contributed by atoms with van der Waals surface area (Å²) in [6, 6.07) is 7.35. The van der Waals surface area contributed by atoms with Gasteiger partial charge in [0.15, 0.2) is 17.4 Å². The molecule has 0 radical (unpaired) electrons. The number of hydrogen-bond donors (Lipinski definition) is 1. The van der Waals surface area contributed by atoms with Crippen molar-refractivity contribution in [1.29, 1.82) is 0 Å².